The average Bonchev–Trinajstić information content (AvgIpc) is 2.86. The third kappa shape index (κ3) is 6.00. The van der Waals surface area contributed by atoms with Crippen LogP contribution in [0.2, 0.25) is 0 Å². The maximum absolute atomic E-state index is 12.4. The molecule has 6 heteroatoms. The summed E-state index contributed by atoms with van der Waals surface area (Å²) in [5.41, 5.74) is -0.675. The number of hydrogen-bond donors (Lipinski definition) is 2. The van der Waals surface area contributed by atoms with Crippen LogP contribution in [0.5, 0.6) is 0 Å². The van der Waals surface area contributed by atoms with Gasteiger partial charge in [0.2, 0.25) is 11.8 Å². The molecule has 140 valence electrons. The Labute approximate surface area is 151 Å². The minimum atomic E-state index is -0.675. The average molecular weight is 348 g/mol. The largest absolute Gasteiger partial charge is 0.356 e. The van der Waals surface area contributed by atoms with E-state index in [9.17, 15) is 14.9 Å². The smallest absolute Gasteiger partial charge is 0.235 e. The van der Waals surface area contributed by atoms with Crippen molar-refractivity contribution in [2.45, 2.75) is 70.3 Å². The lowest BCUT2D eigenvalue weighted by Crippen LogP contribution is -2.51. The van der Waals surface area contributed by atoms with Gasteiger partial charge in [0.25, 0.3) is 0 Å². The highest BCUT2D eigenvalue weighted by molar-refractivity contribution is 5.80. The molecule has 2 rings (SSSR count). The van der Waals surface area contributed by atoms with E-state index in [0.717, 1.165) is 77.4 Å². The number of rotatable bonds is 6. The van der Waals surface area contributed by atoms with Crippen molar-refractivity contribution in [3.05, 3.63) is 0 Å². The Balaban J connectivity index is 1.76. The van der Waals surface area contributed by atoms with E-state index < -0.39 is 5.54 Å². The van der Waals surface area contributed by atoms with Crippen molar-refractivity contribution in [3.8, 4) is 6.07 Å². The van der Waals surface area contributed by atoms with Gasteiger partial charge in [-0.15, -0.1) is 0 Å². The van der Waals surface area contributed by atoms with Gasteiger partial charge in [-0.3, -0.25) is 14.5 Å². The van der Waals surface area contributed by atoms with Crippen molar-refractivity contribution in [1.29, 1.82) is 5.26 Å². The fraction of sp³-hybridized carbons (Fsp3) is 0.842. The van der Waals surface area contributed by atoms with Gasteiger partial charge >= 0.3 is 0 Å². The fourth-order valence-electron chi connectivity index (χ4n) is 3.85. The molecule has 6 nitrogen and oxygen atoms in total. The van der Waals surface area contributed by atoms with Crippen molar-refractivity contribution in [3.63, 3.8) is 0 Å². The van der Waals surface area contributed by atoms with Crippen LogP contribution in [-0.2, 0) is 9.59 Å². The van der Waals surface area contributed by atoms with Gasteiger partial charge < -0.3 is 10.6 Å². The van der Waals surface area contributed by atoms with E-state index >= 15 is 0 Å². The van der Waals surface area contributed by atoms with Gasteiger partial charge in [-0.2, -0.15) is 5.26 Å². The lowest BCUT2D eigenvalue weighted by Gasteiger charge is -2.32. The topological polar surface area (TPSA) is 85.2 Å². The number of nitrogens with zero attached hydrogens (tertiary/aromatic N) is 2. The Kier molecular flexibility index (Phi) is 7.70. The summed E-state index contributed by atoms with van der Waals surface area (Å²) < 4.78 is 0. The number of likely N-dealkylation sites (tertiary alicyclic amines) is 1. The third-order valence-corrected chi connectivity index (χ3v) is 5.42. The van der Waals surface area contributed by atoms with Crippen LogP contribution >= 0.6 is 0 Å². The molecule has 2 amide bonds. The number of amides is 2. The molecule has 0 aromatic rings. The van der Waals surface area contributed by atoms with Crippen molar-refractivity contribution < 1.29 is 9.59 Å². The van der Waals surface area contributed by atoms with Crippen LogP contribution in [0, 0.1) is 17.2 Å². The molecule has 1 aliphatic heterocycles. The third-order valence-electron chi connectivity index (χ3n) is 5.42. The molecule has 0 radical (unpaired) electrons. The molecule has 0 aromatic heterocycles. The molecule has 0 atom stereocenters. The second kappa shape index (κ2) is 9.76. The number of carbonyl (C=O) groups is 2. The molecule has 2 N–H and O–H groups in total. The summed E-state index contributed by atoms with van der Waals surface area (Å²) in [5.74, 6) is 0.156. The van der Waals surface area contributed by atoms with Gasteiger partial charge in [-0.05, 0) is 45.2 Å². The molecule has 2 fully saturated rings. The first-order chi connectivity index (χ1) is 12.1. The van der Waals surface area contributed by atoms with E-state index in [2.05, 4.69) is 21.6 Å². The minimum Gasteiger partial charge on any atom is -0.356 e. The van der Waals surface area contributed by atoms with E-state index in [1.54, 1.807) is 0 Å². The van der Waals surface area contributed by atoms with E-state index in [4.69, 9.17) is 0 Å². The summed E-state index contributed by atoms with van der Waals surface area (Å²) in [5, 5.41) is 15.5. The molecular formula is C19H32N4O2. The zero-order chi connectivity index (χ0) is 18.1. The summed E-state index contributed by atoms with van der Waals surface area (Å²) >= 11 is 0. The Morgan fingerprint density at radius 2 is 1.80 bits per heavy atom. The number of hydrogen-bond acceptors (Lipinski definition) is 4. The predicted molar refractivity (Wildman–Crippen MR) is 96.7 cm³/mol. The number of nitrogens with one attached hydrogen (secondary N) is 2. The van der Waals surface area contributed by atoms with Gasteiger partial charge in [-0.1, -0.05) is 32.6 Å². The van der Waals surface area contributed by atoms with E-state index in [1.165, 1.54) is 0 Å². The van der Waals surface area contributed by atoms with E-state index in [-0.39, 0.29) is 17.7 Å². The maximum Gasteiger partial charge on any atom is 0.235 e. The molecule has 1 saturated carbocycles. The number of carbonyl (C=O) groups excluding carboxylic acids is 2. The minimum absolute atomic E-state index is 0.0580. The molecule has 25 heavy (non-hydrogen) atoms. The molecule has 0 spiro atoms. The monoisotopic (exact) mass is 348 g/mol. The number of piperidine rings is 1. The molecular weight excluding hydrogens is 316 g/mol. The highest BCUT2D eigenvalue weighted by Gasteiger charge is 2.33. The molecule has 1 aliphatic carbocycles. The maximum atomic E-state index is 12.4. The quantitative estimate of drug-likeness (QED) is 0.719. The van der Waals surface area contributed by atoms with Gasteiger partial charge in [0, 0.05) is 12.5 Å². The first-order valence-corrected chi connectivity index (χ1v) is 9.81. The van der Waals surface area contributed by atoms with Gasteiger partial charge in [-0.25, -0.2) is 0 Å². The molecule has 0 bridgehead atoms. The van der Waals surface area contributed by atoms with Gasteiger partial charge in [0.05, 0.1) is 12.6 Å². The number of nitriles is 1. The van der Waals surface area contributed by atoms with Crippen LogP contribution in [0.25, 0.3) is 0 Å². The highest BCUT2D eigenvalue weighted by atomic mass is 16.2. The molecule has 2 aliphatic rings. The van der Waals surface area contributed by atoms with Crippen molar-refractivity contribution in [2.75, 3.05) is 26.2 Å². The first-order valence-electron chi connectivity index (χ1n) is 9.81. The normalized spacial score (nSPS) is 21.8. The zero-order valence-corrected chi connectivity index (χ0v) is 15.5. The Morgan fingerprint density at radius 3 is 2.36 bits per heavy atom. The van der Waals surface area contributed by atoms with Crippen LogP contribution in [0.1, 0.15) is 64.7 Å². The Morgan fingerprint density at radius 1 is 1.16 bits per heavy atom. The SMILES string of the molecule is CCCNC(=O)C1CCN(CC(=O)NC2(C#N)CCCCCC2)CC1. The van der Waals surface area contributed by atoms with Crippen molar-refractivity contribution >= 4 is 11.8 Å². The lowest BCUT2D eigenvalue weighted by molar-refractivity contribution is -0.127. The lowest BCUT2D eigenvalue weighted by atomic mass is 9.91. The van der Waals surface area contributed by atoms with Crippen LogP contribution in [0.4, 0.5) is 0 Å². The molecule has 1 heterocycles. The molecule has 0 unspecified atom stereocenters. The van der Waals surface area contributed by atoms with Crippen LogP contribution in [0.3, 0.4) is 0 Å². The van der Waals surface area contributed by atoms with E-state index in [0.29, 0.717) is 6.54 Å². The standard InChI is InChI=1S/C19H32N4O2/c1-2-11-21-18(25)16-7-12-23(13-8-16)14-17(24)22-19(15-20)9-5-3-4-6-10-19/h16H,2-14H2,1H3,(H,21,25)(H,22,24). The highest BCUT2D eigenvalue weighted by Crippen LogP contribution is 2.26. The van der Waals surface area contributed by atoms with Crippen LogP contribution in [-0.4, -0.2) is 48.4 Å². The van der Waals surface area contributed by atoms with Gasteiger partial charge in [0.15, 0.2) is 0 Å². The van der Waals surface area contributed by atoms with E-state index in [1.807, 2.05) is 6.92 Å². The second-order valence-electron chi connectivity index (χ2n) is 7.50. The second-order valence-corrected chi connectivity index (χ2v) is 7.50. The predicted octanol–water partition coefficient (Wildman–Crippen LogP) is 1.96. The fourth-order valence-corrected chi connectivity index (χ4v) is 3.85. The molecule has 1 saturated heterocycles. The van der Waals surface area contributed by atoms with Gasteiger partial charge in [0.1, 0.15) is 5.54 Å². The zero-order valence-electron chi connectivity index (χ0n) is 15.5. The first kappa shape index (κ1) is 19.7. The van der Waals surface area contributed by atoms with Crippen molar-refractivity contribution in [2.24, 2.45) is 5.92 Å². The van der Waals surface area contributed by atoms with Crippen LogP contribution in [0.15, 0.2) is 0 Å². The summed E-state index contributed by atoms with van der Waals surface area (Å²) in [6.07, 6.45) is 8.37. The van der Waals surface area contributed by atoms with Crippen molar-refractivity contribution in [1.82, 2.24) is 15.5 Å². The van der Waals surface area contributed by atoms with Crippen LogP contribution < -0.4 is 10.6 Å². The molecule has 0 aromatic carbocycles. The Hall–Kier alpha value is -1.61. The summed E-state index contributed by atoms with van der Waals surface area (Å²) in [6.45, 7) is 4.63. The summed E-state index contributed by atoms with van der Waals surface area (Å²) in [4.78, 5) is 26.5. The summed E-state index contributed by atoms with van der Waals surface area (Å²) in [6, 6.07) is 2.36. The summed E-state index contributed by atoms with van der Waals surface area (Å²) in [7, 11) is 0. The Bertz CT molecular complexity index is 484.